The Kier molecular flexibility index (Phi) is 3.15. The molecule has 1 fully saturated rings. The largest absolute Gasteiger partial charge is 0.369 e. The highest BCUT2D eigenvalue weighted by atomic mass is 16.5. The summed E-state index contributed by atoms with van der Waals surface area (Å²) in [5.74, 6) is 0. The van der Waals surface area contributed by atoms with Crippen LogP contribution >= 0.6 is 0 Å². The molecule has 2 aliphatic rings. The lowest BCUT2D eigenvalue weighted by molar-refractivity contribution is -0.0336. The minimum Gasteiger partial charge on any atom is -0.369 e. The van der Waals surface area contributed by atoms with E-state index in [9.17, 15) is 0 Å². The van der Waals surface area contributed by atoms with E-state index in [1.165, 1.54) is 12.8 Å². The van der Waals surface area contributed by atoms with Crippen molar-refractivity contribution in [1.29, 1.82) is 0 Å². The SMILES string of the molecule is CCC1CC2(CC=CCO2)CN1C(C)(C)C. The van der Waals surface area contributed by atoms with Gasteiger partial charge in [0.15, 0.2) is 0 Å². The lowest BCUT2D eigenvalue weighted by Gasteiger charge is -2.37. The van der Waals surface area contributed by atoms with Crippen LogP contribution in [0, 0.1) is 0 Å². The molecule has 2 rings (SSSR count). The van der Waals surface area contributed by atoms with E-state index in [1.807, 2.05) is 0 Å². The summed E-state index contributed by atoms with van der Waals surface area (Å²) in [6.07, 6.45) is 7.96. The van der Waals surface area contributed by atoms with E-state index >= 15 is 0 Å². The van der Waals surface area contributed by atoms with Crippen LogP contribution in [-0.4, -0.2) is 35.2 Å². The molecule has 0 radical (unpaired) electrons. The van der Waals surface area contributed by atoms with Gasteiger partial charge in [-0.05, 0) is 40.0 Å². The Morgan fingerprint density at radius 2 is 2.12 bits per heavy atom. The predicted molar refractivity (Wildman–Crippen MR) is 67.6 cm³/mol. The van der Waals surface area contributed by atoms with Crippen molar-refractivity contribution in [2.75, 3.05) is 13.2 Å². The van der Waals surface area contributed by atoms with Crippen LogP contribution in [0.1, 0.15) is 47.0 Å². The van der Waals surface area contributed by atoms with Crippen LogP contribution in [0.3, 0.4) is 0 Å². The van der Waals surface area contributed by atoms with Crippen LogP contribution in [0.2, 0.25) is 0 Å². The smallest absolute Gasteiger partial charge is 0.0862 e. The molecule has 2 heterocycles. The topological polar surface area (TPSA) is 12.5 Å². The number of hydrogen-bond acceptors (Lipinski definition) is 2. The summed E-state index contributed by atoms with van der Waals surface area (Å²) in [7, 11) is 0. The molecule has 2 atom stereocenters. The van der Waals surface area contributed by atoms with Crippen molar-refractivity contribution >= 4 is 0 Å². The van der Waals surface area contributed by atoms with Crippen LogP contribution < -0.4 is 0 Å². The highest BCUT2D eigenvalue weighted by molar-refractivity contribution is 5.07. The van der Waals surface area contributed by atoms with Crippen LogP contribution in [-0.2, 0) is 4.74 Å². The predicted octanol–water partition coefficient (Wildman–Crippen LogP) is 2.98. The number of ether oxygens (including phenoxy) is 1. The molecule has 0 bridgehead atoms. The molecule has 0 saturated carbocycles. The summed E-state index contributed by atoms with van der Waals surface area (Å²) in [6.45, 7) is 11.1. The van der Waals surface area contributed by atoms with Gasteiger partial charge in [-0.2, -0.15) is 0 Å². The van der Waals surface area contributed by atoms with E-state index in [1.54, 1.807) is 0 Å². The van der Waals surface area contributed by atoms with Gasteiger partial charge in [0.2, 0.25) is 0 Å². The average Bonchev–Trinajstić information content (AvgIpc) is 2.58. The van der Waals surface area contributed by atoms with Gasteiger partial charge in [-0.25, -0.2) is 0 Å². The van der Waals surface area contributed by atoms with E-state index < -0.39 is 0 Å². The van der Waals surface area contributed by atoms with Crippen LogP contribution in [0.4, 0.5) is 0 Å². The zero-order chi connectivity index (χ0) is 11.8. The van der Waals surface area contributed by atoms with E-state index in [2.05, 4.69) is 44.7 Å². The van der Waals surface area contributed by atoms with E-state index in [0.29, 0.717) is 6.04 Å². The molecule has 2 aliphatic heterocycles. The quantitative estimate of drug-likeness (QED) is 0.634. The Labute approximate surface area is 99.7 Å². The Balaban J connectivity index is 2.15. The van der Waals surface area contributed by atoms with Crippen molar-refractivity contribution in [3.05, 3.63) is 12.2 Å². The monoisotopic (exact) mass is 223 g/mol. The Bertz CT molecular complexity index is 279. The van der Waals surface area contributed by atoms with Crippen molar-refractivity contribution in [3.8, 4) is 0 Å². The summed E-state index contributed by atoms with van der Waals surface area (Å²) in [6, 6.07) is 0.687. The second kappa shape index (κ2) is 4.15. The standard InChI is InChI=1S/C14H25NO/c1-5-12-10-14(8-6-7-9-16-14)11-15(12)13(2,3)4/h6-7,12H,5,8-11H2,1-4H3. The maximum Gasteiger partial charge on any atom is 0.0862 e. The molecule has 0 amide bonds. The van der Waals surface area contributed by atoms with E-state index in [0.717, 1.165) is 19.6 Å². The van der Waals surface area contributed by atoms with Gasteiger partial charge in [0.1, 0.15) is 0 Å². The van der Waals surface area contributed by atoms with Crippen molar-refractivity contribution < 1.29 is 4.74 Å². The fourth-order valence-corrected chi connectivity index (χ4v) is 3.10. The Morgan fingerprint density at radius 3 is 2.56 bits per heavy atom. The third kappa shape index (κ3) is 2.18. The molecule has 0 aromatic rings. The molecule has 0 aliphatic carbocycles. The number of hydrogen-bond donors (Lipinski definition) is 0. The van der Waals surface area contributed by atoms with Gasteiger partial charge in [0.05, 0.1) is 12.2 Å². The van der Waals surface area contributed by atoms with Crippen LogP contribution in [0.5, 0.6) is 0 Å². The first-order valence-electron chi connectivity index (χ1n) is 6.52. The maximum absolute atomic E-state index is 6.06. The molecule has 0 N–H and O–H groups in total. The maximum atomic E-state index is 6.06. The summed E-state index contributed by atoms with van der Waals surface area (Å²) in [5.41, 5.74) is 0.372. The summed E-state index contributed by atoms with van der Waals surface area (Å²) in [5, 5.41) is 0. The third-order valence-electron chi connectivity index (χ3n) is 3.98. The van der Waals surface area contributed by atoms with Crippen LogP contribution in [0.15, 0.2) is 12.2 Å². The second-order valence-corrected chi connectivity index (χ2v) is 6.23. The number of likely N-dealkylation sites (tertiary alicyclic amines) is 1. The first-order chi connectivity index (χ1) is 7.47. The molecular formula is C14H25NO. The average molecular weight is 223 g/mol. The first kappa shape index (κ1) is 12.1. The van der Waals surface area contributed by atoms with Crippen molar-refractivity contribution in [3.63, 3.8) is 0 Å². The second-order valence-electron chi connectivity index (χ2n) is 6.23. The minimum absolute atomic E-state index is 0.114. The van der Waals surface area contributed by atoms with Crippen molar-refractivity contribution in [2.45, 2.75) is 64.1 Å². The first-order valence-corrected chi connectivity index (χ1v) is 6.52. The zero-order valence-electron chi connectivity index (χ0n) is 11.1. The van der Waals surface area contributed by atoms with E-state index in [4.69, 9.17) is 4.74 Å². The van der Waals surface area contributed by atoms with Gasteiger partial charge in [-0.15, -0.1) is 0 Å². The lowest BCUT2D eigenvalue weighted by atomic mass is 9.93. The van der Waals surface area contributed by atoms with Crippen molar-refractivity contribution in [2.24, 2.45) is 0 Å². The third-order valence-corrected chi connectivity index (χ3v) is 3.98. The molecule has 1 saturated heterocycles. The normalized spacial score (nSPS) is 36.1. The molecular weight excluding hydrogens is 198 g/mol. The summed E-state index contributed by atoms with van der Waals surface area (Å²) < 4.78 is 6.06. The number of rotatable bonds is 1. The molecule has 0 aromatic heterocycles. The fourth-order valence-electron chi connectivity index (χ4n) is 3.10. The Morgan fingerprint density at radius 1 is 1.38 bits per heavy atom. The molecule has 1 spiro atoms. The minimum atomic E-state index is 0.114. The molecule has 92 valence electrons. The summed E-state index contributed by atoms with van der Waals surface area (Å²) >= 11 is 0. The highest BCUT2D eigenvalue weighted by Gasteiger charge is 2.47. The van der Waals surface area contributed by atoms with Gasteiger partial charge in [0.25, 0.3) is 0 Å². The van der Waals surface area contributed by atoms with E-state index in [-0.39, 0.29) is 11.1 Å². The molecule has 2 heteroatoms. The Hall–Kier alpha value is -0.340. The summed E-state index contributed by atoms with van der Waals surface area (Å²) in [4.78, 5) is 2.63. The van der Waals surface area contributed by atoms with Crippen LogP contribution in [0.25, 0.3) is 0 Å². The lowest BCUT2D eigenvalue weighted by Crippen LogP contribution is -2.46. The molecule has 2 unspecified atom stereocenters. The molecule has 2 nitrogen and oxygen atoms in total. The van der Waals surface area contributed by atoms with Gasteiger partial charge in [0, 0.05) is 18.1 Å². The molecule has 0 aromatic carbocycles. The number of nitrogens with zero attached hydrogens (tertiary/aromatic N) is 1. The zero-order valence-corrected chi connectivity index (χ0v) is 11.1. The van der Waals surface area contributed by atoms with Gasteiger partial charge >= 0.3 is 0 Å². The van der Waals surface area contributed by atoms with Gasteiger partial charge < -0.3 is 4.74 Å². The van der Waals surface area contributed by atoms with Gasteiger partial charge in [-0.1, -0.05) is 19.1 Å². The highest BCUT2D eigenvalue weighted by Crippen LogP contribution is 2.39. The molecule has 16 heavy (non-hydrogen) atoms. The van der Waals surface area contributed by atoms with Gasteiger partial charge in [-0.3, -0.25) is 4.90 Å². The fraction of sp³-hybridized carbons (Fsp3) is 0.857. The van der Waals surface area contributed by atoms with Crippen molar-refractivity contribution in [1.82, 2.24) is 4.90 Å².